The Morgan fingerprint density at radius 3 is 1.18 bits per heavy atom. The Labute approximate surface area is 732 Å². The number of fused-ring (bicyclic) bond motifs is 4. The highest BCUT2D eigenvalue weighted by Crippen LogP contribution is 2.37. The van der Waals surface area contributed by atoms with Crippen LogP contribution in [0.2, 0.25) is 0 Å². The van der Waals surface area contributed by atoms with Crippen LogP contribution in [0.4, 0.5) is 68.3 Å². The second-order valence-electron chi connectivity index (χ2n) is 35.1. The highest BCUT2D eigenvalue weighted by molar-refractivity contribution is 14.1. The first kappa shape index (κ1) is 96.3. The molecule has 34 nitrogen and oxygen atoms in total. The Morgan fingerprint density at radius 1 is 0.472 bits per heavy atom. The number of aromatic nitrogens is 8. The number of aliphatic hydroxyl groups excluding tert-OH is 4. The fourth-order valence-electron chi connectivity index (χ4n) is 14.5. The highest BCUT2D eigenvalue weighted by atomic mass is 127. The van der Waals surface area contributed by atoms with Crippen molar-refractivity contribution in [2.75, 3.05) is 46.2 Å². The average molecular weight is 1870 g/mol. The number of ether oxygens (including phenoxy) is 4. The van der Waals surface area contributed by atoms with Crippen molar-refractivity contribution in [2.45, 2.75) is 242 Å². The van der Waals surface area contributed by atoms with Crippen LogP contribution in [0.25, 0.3) is 0 Å². The van der Waals surface area contributed by atoms with Crippen LogP contribution < -0.4 is 30.1 Å². The molecule has 9 amide bonds. The minimum absolute atomic E-state index is 0.000679. The number of rotatable bonds is 7. The molecule has 0 unspecified atom stereocenters. The topological polar surface area (TPSA) is 389 Å². The minimum atomic E-state index is -1.60. The summed E-state index contributed by atoms with van der Waals surface area (Å²) >= 11 is 2.25. The number of amides is 9. The highest BCUT2D eigenvalue weighted by Gasteiger charge is 2.46. The number of β-amino-alcohol motifs (C(OH)–C–C–N with tert-alkyl or cyclic N) is 2. The van der Waals surface area contributed by atoms with Crippen LogP contribution in [0.15, 0.2) is 79.4 Å². The standard InChI is InChI=1S/C19H19F3N4O4.C18H28N4O3.C16H24N4O5.C13H8F3NO2.C12H18IN3O2.C6H11NO/c1-9-6-26-14(13(5-23-26)25-8-15(27)18(29)19(25)30)7-24(9)16(28)4-10-2-11(20)17(22)12(21)3-10;1-11-8-21(16(23)13(11)3)14-7-19-22-9-12(2)20(10-15(14)22)17(24)25-18(4,5)6;1-9-6-20-11(7-18(9)15(24)25-16(2,3)4)10(5-17-20)19-8-12(21)13(22)14(19)23;14-10-6-8(7-11(15)12(10)16)17-13(18)19-9-4-2-1-3-5-9;1-8-6-16-10(9(13)5-14-16)7-15(8)11(17)18-12(2,3)4;1-4-3-7-6(8)5(4)2/h2-3,5,9,15,18,27,29H,4,6-8H2,1H3;7,11-13H,8-10H2,1-6H3;5,9,12-13,21-22H,6-8H2,1-4H3;1-7H,(H,17,18);5,8H,6-7H2,1-4H3;4-5H,3H2,1-2H3,(H,7,8)/t9-,15+,18-;11-,12+,13+;9-,12+,13-;;8-;4-,5+/m010.01/s1. The maximum absolute atomic E-state index is 13.5. The van der Waals surface area contributed by atoms with Gasteiger partial charge in [0.15, 0.2) is 47.1 Å². The molecule has 12 atom stereocenters. The number of carbonyl (C=O) groups excluding carboxylic acids is 9. The molecule has 0 bridgehead atoms. The largest absolute Gasteiger partial charge is 0.444 e. The van der Waals surface area contributed by atoms with Crippen LogP contribution in [0, 0.1) is 62.1 Å². The lowest BCUT2D eigenvalue weighted by atomic mass is 10.0. The second-order valence-corrected chi connectivity index (χ2v) is 36.3. The Morgan fingerprint density at radius 2 is 0.832 bits per heavy atom. The van der Waals surface area contributed by atoms with Gasteiger partial charge in [0.05, 0.1) is 164 Å². The van der Waals surface area contributed by atoms with Gasteiger partial charge in [-0.05, 0) is 154 Å². The first-order valence-electron chi connectivity index (χ1n) is 40.8. The monoisotopic (exact) mass is 1870 g/mol. The van der Waals surface area contributed by atoms with Gasteiger partial charge in [-0.2, -0.15) is 20.4 Å². The smallest absolute Gasteiger partial charge is 0.417 e. The maximum Gasteiger partial charge on any atom is 0.417 e. The van der Waals surface area contributed by atoms with E-state index in [0.29, 0.717) is 86.0 Å². The summed E-state index contributed by atoms with van der Waals surface area (Å²) in [4.78, 5) is 120. The molecule has 41 heteroatoms. The lowest BCUT2D eigenvalue weighted by Crippen LogP contribution is -2.47. The Hall–Kier alpha value is -10.9. The lowest BCUT2D eigenvalue weighted by molar-refractivity contribution is -0.134. The fraction of sp³-hybridized carbons (Fsp3) is 0.536. The quantitative estimate of drug-likeness (QED) is 0.0374. The zero-order chi connectivity index (χ0) is 92.2. The molecule has 0 spiro atoms. The predicted molar refractivity (Wildman–Crippen MR) is 449 cm³/mol. The lowest BCUT2D eigenvalue weighted by Gasteiger charge is -2.36. The summed E-state index contributed by atoms with van der Waals surface area (Å²) in [6.45, 7) is 37.3. The number of hydrogen-bond donors (Lipinski definition) is 6. The summed E-state index contributed by atoms with van der Waals surface area (Å²) in [6, 6.07) is 10.7. The molecule has 0 saturated carbocycles. The minimum Gasteiger partial charge on any atom is -0.444 e. The van der Waals surface area contributed by atoms with E-state index in [0.717, 1.165) is 45.9 Å². The van der Waals surface area contributed by atoms with E-state index in [4.69, 9.17) is 18.9 Å². The SMILES string of the molecule is C[C@@H]1CN(c2cnn3c2CN(C(=O)OC(C)(C)C)[C@@H](C)C3)C(=O)[C@H]1C.C[C@@H]1CNC(=O)[C@H]1C.C[C@H]1Cn2ncc(I)c2CN1C(=O)OC(C)(C)C.C[C@H]1Cn2ncc(N3C[C@@H](O)[C@H](O)C3=O)c2CN1C(=O)Cc1cc(F)c(F)c(F)c1.C[C@H]1Cn2ncc(N3C[C@@H](O)[C@H](O)C3=O)c2CN1C(=O)OC(C)(C)C.O=C(Nc1cc(F)c(F)c(F)c1)Oc1ccccc1. The molecular formula is C84H108F6IN17O17. The Bertz CT molecular complexity index is 4960. The van der Waals surface area contributed by atoms with E-state index in [9.17, 15) is 89.9 Å². The summed E-state index contributed by atoms with van der Waals surface area (Å²) in [5, 5.41) is 61.1. The molecule has 8 aliphatic heterocycles. The molecule has 3 aromatic carbocycles. The molecular weight excluding hydrogens is 1760 g/mol. The molecule has 4 saturated heterocycles. The molecule has 0 aliphatic carbocycles. The van der Waals surface area contributed by atoms with Crippen LogP contribution in [-0.2, 0) is 97.0 Å². The molecule has 15 rings (SSSR count). The third kappa shape index (κ3) is 23.2. The fourth-order valence-corrected chi connectivity index (χ4v) is 15.1. The number of halogens is 7. The van der Waals surface area contributed by atoms with E-state index < -0.39 is 106 Å². The van der Waals surface area contributed by atoms with Crippen molar-refractivity contribution in [3.8, 4) is 5.75 Å². The van der Waals surface area contributed by atoms with Gasteiger partial charge < -0.3 is 64.3 Å². The van der Waals surface area contributed by atoms with Gasteiger partial charge in [0.2, 0.25) is 17.7 Å². The van der Waals surface area contributed by atoms with Gasteiger partial charge in [-0.15, -0.1) is 0 Å². The van der Waals surface area contributed by atoms with Gasteiger partial charge in [0.25, 0.3) is 11.8 Å². The van der Waals surface area contributed by atoms with Gasteiger partial charge in [-0.3, -0.25) is 62.7 Å². The van der Waals surface area contributed by atoms with Crippen molar-refractivity contribution in [3.05, 3.63) is 146 Å². The molecule has 4 aromatic heterocycles. The number of anilines is 4. The molecule has 8 aliphatic rings. The second kappa shape index (κ2) is 39.3. The average Bonchev–Trinajstić information content (AvgIpc) is 1.61. The van der Waals surface area contributed by atoms with Crippen molar-refractivity contribution in [1.29, 1.82) is 0 Å². The molecule has 4 fully saturated rings. The van der Waals surface area contributed by atoms with E-state index in [1.165, 1.54) is 39.2 Å². The third-order valence-corrected chi connectivity index (χ3v) is 22.7. The predicted octanol–water partition coefficient (Wildman–Crippen LogP) is 9.80. The number of carbonyl (C=O) groups is 9. The summed E-state index contributed by atoms with van der Waals surface area (Å²) in [6.07, 6.45) is -1.03. The normalized spacial score (nSPS) is 23.2. The Balaban J connectivity index is 0.000000161. The van der Waals surface area contributed by atoms with E-state index in [1.54, 1.807) is 76.2 Å². The molecule has 680 valence electrons. The molecule has 6 N–H and O–H groups in total. The number of nitrogens with one attached hydrogen (secondary N) is 2. The molecule has 0 radical (unpaired) electrons. The van der Waals surface area contributed by atoms with Gasteiger partial charge in [0.1, 0.15) is 34.8 Å². The van der Waals surface area contributed by atoms with Crippen LogP contribution in [-0.4, -0.2) is 225 Å². The number of benzene rings is 3. The van der Waals surface area contributed by atoms with Crippen LogP contribution in [0.5, 0.6) is 5.75 Å². The zero-order valence-corrected chi connectivity index (χ0v) is 74.7. The first-order valence-corrected chi connectivity index (χ1v) is 41.9. The van der Waals surface area contributed by atoms with Crippen molar-refractivity contribution in [2.24, 2.45) is 23.7 Å². The molecule has 12 heterocycles. The van der Waals surface area contributed by atoms with Gasteiger partial charge in [-0.25, -0.2) is 45.5 Å². The summed E-state index contributed by atoms with van der Waals surface area (Å²) in [7, 11) is 0. The van der Waals surface area contributed by atoms with E-state index in [2.05, 4.69) is 67.5 Å². The molecule has 7 aromatic rings. The summed E-state index contributed by atoms with van der Waals surface area (Å²) < 4.78 is 108. The van der Waals surface area contributed by atoms with Crippen LogP contribution in [0.1, 0.15) is 146 Å². The van der Waals surface area contributed by atoms with E-state index in [1.807, 2.05) is 96.6 Å². The molecule has 125 heavy (non-hydrogen) atoms. The maximum atomic E-state index is 13.5. The van der Waals surface area contributed by atoms with Crippen LogP contribution in [0.3, 0.4) is 0 Å². The number of nitrogens with zero attached hydrogens (tertiary/aromatic N) is 15. The number of para-hydroxylation sites is 1. The number of aliphatic hydroxyl groups is 4. The summed E-state index contributed by atoms with van der Waals surface area (Å²) in [5.74, 6) is -8.67. The van der Waals surface area contributed by atoms with Crippen molar-refractivity contribution in [3.63, 3.8) is 0 Å². The van der Waals surface area contributed by atoms with Gasteiger partial charge >= 0.3 is 24.4 Å². The third-order valence-electron chi connectivity index (χ3n) is 21.8. The van der Waals surface area contributed by atoms with E-state index >= 15 is 0 Å². The zero-order valence-electron chi connectivity index (χ0n) is 72.6. The van der Waals surface area contributed by atoms with Crippen LogP contribution >= 0.6 is 22.6 Å². The Kier molecular flexibility index (Phi) is 30.3. The van der Waals surface area contributed by atoms with Gasteiger partial charge in [-0.1, -0.05) is 45.9 Å². The van der Waals surface area contributed by atoms with Gasteiger partial charge in [0, 0.05) is 43.1 Å². The first-order chi connectivity index (χ1) is 58.4. The van der Waals surface area contributed by atoms with Crippen molar-refractivity contribution < 1.29 is 109 Å². The van der Waals surface area contributed by atoms with Crippen molar-refractivity contribution >= 4 is 99.2 Å². The number of hydrogen-bond acceptors (Lipinski definition) is 21. The van der Waals surface area contributed by atoms with Crippen molar-refractivity contribution in [1.82, 2.24) is 64.0 Å². The van der Waals surface area contributed by atoms with E-state index in [-0.39, 0.29) is 110 Å². The summed E-state index contributed by atoms with van der Waals surface area (Å²) in [5.41, 5.74) is 3.07.